The van der Waals surface area contributed by atoms with Gasteiger partial charge in [-0.2, -0.15) is 0 Å². The molecule has 0 bridgehead atoms. The molecule has 1 aliphatic rings. The van der Waals surface area contributed by atoms with Crippen LogP contribution in [-0.2, 0) is 14.3 Å². The highest BCUT2D eigenvalue weighted by atomic mass is 32.2. The minimum Gasteiger partial charge on any atom is -0.465 e. The Kier molecular flexibility index (Phi) is 7.41. The lowest BCUT2D eigenvalue weighted by Gasteiger charge is -2.18. The number of amides is 2. The minimum atomic E-state index is -0.681. The second kappa shape index (κ2) is 10.2. The molecule has 0 N–H and O–H groups in total. The van der Waals surface area contributed by atoms with Gasteiger partial charge in [0.25, 0.3) is 11.8 Å². The van der Waals surface area contributed by atoms with Crippen LogP contribution in [0.3, 0.4) is 0 Å². The Morgan fingerprint density at radius 1 is 1.00 bits per heavy atom. The number of hydrogen-bond acceptors (Lipinski definition) is 6. The van der Waals surface area contributed by atoms with Gasteiger partial charge in [0.2, 0.25) is 0 Å². The lowest BCUT2D eigenvalue weighted by Crippen LogP contribution is -2.33. The maximum Gasteiger partial charge on any atom is 0.313 e. The zero-order chi connectivity index (χ0) is 22.4. The van der Waals surface area contributed by atoms with Gasteiger partial charge in [-0.3, -0.25) is 19.2 Å². The fourth-order valence-electron chi connectivity index (χ4n) is 3.21. The van der Waals surface area contributed by atoms with Gasteiger partial charge in [-0.15, -0.1) is 11.8 Å². The highest BCUT2D eigenvalue weighted by molar-refractivity contribution is 7.98. The number of unbranched alkanes of at least 4 members (excludes halogenated alkanes) is 1. The summed E-state index contributed by atoms with van der Waals surface area (Å²) in [6.07, 6.45) is 4.38. The molecule has 0 aromatic heterocycles. The molecule has 0 radical (unpaired) electrons. The molecule has 0 spiro atoms. The summed E-state index contributed by atoms with van der Waals surface area (Å²) in [7, 11) is 0. The third kappa shape index (κ3) is 4.94. The molecule has 3 rings (SSSR count). The van der Waals surface area contributed by atoms with Crippen molar-refractivity contribution in [1.29, 1.82) is 0 Å². The van der Waals surface area contributed by atoms with Crippen LogP contribution >= 0.6 is 11.8 Å². The van der Waals surface area contributed by atoms with E-state index >= 15 is 0 Å². The van der Waals surface area contributed by atoms with Gasteiger partial charge in [0, 0.05) is 4.90 Å². The predicted molar refractivity (Wildman–Crippen MR) is 119 cm³/mol. The number of benzene rings is 2. The number of rotatable bonds is 9. The summed E-state index contributed by atoms with van der Waals surface area (Å²) in [5, 5.41) is 0. The zero-order valence-electron chi connectivity index (χ0n) is 17.4. The Bertz CT molecular complexity index is 1020. The number of nitrogens with zero attached hydrogens (tertiary/aromatic N) is 1. The molecule has 0 atom stereocenters. The minimum absolute atomic E-state index is 0.139. The molecule has 160 valence electrons. The summed E-state index contributed by atoms with van der Waals surface area (Å²) >= 11 is 1.47. The van der Waals surface area contributed by atoms with Crippen molar-refractivity contribution >= 4 is 41.4 Å². The third-order valence-electron chi connectivity index (χ3n) is 4.82. The topological polar surface area (TPSA) is 80.8 Å². The van der Waals surface area contributed by atoms with E-state index < -0.39 is 30.0 Å². The number of ketones is 1. The van der Waals surface area contributed by atoms with Crippen LogP contribution < -0.4 is 0 Å². The van der Waals surface area contributed by atoms with Crippen molar-refractivity contribution in [3.05, 3.63) is 70.9 Å². The molecule has 7 heteroatoms. The van der Waals surface area contributed by atoms with Crippen LogP contribution in [0.5, 0.6) is 0 Å². The summed E-state index contributed by atoms with van der Waals surface area (Å²) in [4.78, 5) is 52.9. The smallest absolute Gasteiger partial charge is 0.313 e. The Morgan fingerprint density at radius 2 is 1.61 bits per heavy atom. The number of imide groups is 1. The Morgan fingerprint density at radius 3 is 2.23 bits per heavy atom. The fourth-order valence-corrected chi connectivity index (χ4v) is 3.79. The van der Waals surface area contributed by atoms with Crippen molar-refractivity contribution in [3.63, 3.8) is 0 Å². The zero-order valence-corrected chi connectivity index (χ0v) is 18.2. The van der Waals surface area contributed by atoms with Crippen molar-refractivity contribution in [2.45, 2.75) is 31.1 Å². The summed E-state index contributed by atoms with van der Waals surface area (Å²) in [5.41, 5.74) is 0.999. The number of carbonyl (C=O) groups excluding carboxylic acids is 4. The van der Waals surface area contributed by atoms with E-state index in [0.717, 1.165) is 16.2 Å². The van der Waals surface area contributed by atoms with Crippen molar-refractivity contribution < 1.29 is 23.9 Å². The van der Waals surface area contributed by atoms with E-state index in [4.69, 9.17) is 4.74 Å². The molecule has 0 saturated heterocycles. The lowest BCUT2D eigenvalue weighted by atomic mass is 10.1. The van der Waals surface area contributed by atoms with E-state index in [1.165, 1.54) is 17.8 Å². The Balaban J connectivity index is 1.99. The number of esters is 1. The second-order valence-corrected chi connectivity index (χ2v) is 7.78. The molecular weight excluding hydrogens is 414 g/mol. The fraction of sp³-hybridized carbons (Fsp3) is 0.250. The first-order valence-corrected chi connectivity index (χ1v) is 11.2. The average Bonchev–Trinajstić information content (AvgIpc) is 3.03. The first-order valence-electron chi connectivity index (χ1n) is 9.99. The van der Waals surface area contributed by atoms with Crippen LogP contribution in [0.2, 0.25) is 0 Å². The number of thioether (sulfide) groups is 1. The van der Waals surface area contributed by atoms with Crippen LogP contribution in [0.25, 0.3) is 6.08 Å². The highest BCUT2D eigenvalue weighted by Gasteiger charge is 2.40. The van der Waals surface area contributed by atoms with Gasteiger partial charge in [-0.05, 0) is 42.5 Å². The normalized spacial score (nSPS) is 13.4. The molecule has 1 heterocycles. The van der Waals surface area contributed by atoms with E-state index in [0.29, 0.717) is 12.0 Å². The van der Waals surface area contributed by atoms with Gasteiger partial charge in [-0.1, -0.05) is 43.7 Å². The van der Waals surface area contributed by atoms with Crippen molar-refractivity contribution in [2.24, 2.45) is 0 Å². The van der Waals surface area contributed by atoms with Gasteiger partial charge >= 0.3 is 5.97 Å². The first-order chi connectivity index (χ1) is 15.0. The summed E-state index contributed by atoms with van der Waals surface area (Å²) in [5.74, 6) is -2.49. The van der Waals surface area contributed by atoms with Crippen LogP contribution in [0.4, 0.5) is 0 Å². The maximum absolute atomic E-state index is 13.1. The molecule has 0 fully saturated rings. The van der Waals surface area contributed by atoms with Crippen LogP contribution in [-0.4, -0.2) is 41.3 Å². The van der Waals surface area contributed by atoms with Crippen LogP contribution in [0.1, 0.15) is 52.5 Å². The van der Waals surface area contributed by atoms with Gasteiger partial charge in [-0.25, -0.2) is 4.90 Å². The van der Waals surface area contributed by atoms with Crippen molar-refractivity contribution in [2.75, 3.05) is 12.9 Å². The molecule has 0 unspecified atom stereocenters. The molecule has 2 aromatic carbocycles. The molecule has 6 nitrogen and oxygen atoms in total. The van der Waals surface area contributed by atoms with Gasteiger partial charge in [0.15, 0.2) is 5.78 Å². The van der Waals surface area contributed by atoms with Gasteiger partial charge < -0.3 is 4.74 Å². The van der Waals surface area contributed by atoms with Crippen LogP contribution in [0, 0.1) is 0 Å². The summed E-state index contributed by atoms with van der Waals surface area (Å²) in [6.45, 7) is 2.19. The second-order valence-electron chi connectivity index (χ2n) is 6.94. The lowest BCUT2D eigenvalue weighted by molar-refractivity contribution is -0.145. The van der Waals surface area contributed by atoms with Crippen molar-refractivity contribution in [1.82, 2.24) is 4.90 Å². The summed E-state index contributed by atoms with van der Waals surface area (Å²) < 4.78 is 5.10. The molecular formula is C24H23NO5S. The molecule has 0 aliphatic carbocycles. The van der Waals surface area contributed by atoms with Crippen LogP contribution in [0.15, 0.2) is 59.1 Å². The van der Waals surface area contributed by atoms with E-state index in [9.17, 15) is 19.2 Å². The van der Waals surface area contributed by atoms with Gasteiger partial charge in [0.05, 0.1) is 23.4 Å². The SMILES string of the molecule is CCCCOC(=O)CC(=O)C(=Cc1ccccc1SC)N1C(=O)c2ccccc2C1=O. The standard InChI is InChI=1S/C24H23NO5S/c1-3-4-13-30-22(27)15-20(26)19(14-16-9-5-8-12-21(16)31-2)25-23(28)17-10-6-7-11-18(17)24(25)29/h5-12,14H,3-4,13,15H2,1-2H3. The number of allylic oxidation sites excluding steroid dienone is 1. The number of ether oxygens (including phenoxy) is 1. The summed E-state index contributed by atoms with van der Waals surface area (Å²) in [6, 6.07) is 13.7. The first kappa shape index (κ1) is 22.5. The molecule has 2 aromatic rings. The molecule has 0 saturated carbocycles. The van der Waals surface area contributed by atoms with Gasteiger partial charge in [0.1, 0.15) is 6.42 Å². The van der Waals surface area contributed by atoms with E-state index in [1.54, 1.807) is 36.4 Å². The molecule has 1 aliphatic heterocycles. The quantitative estimate of drug-likeness (QED) is 0.145. The third-order valence-corrected chi connectivity index (χ3v) is 5.63. The average molecular weight is 438 g/mol. The Hall–Kier alpha value is -3.19. The molecule has 31 heavy (non-hydrogen) atoms. The monoisotopic (exact) mass is 437 g/mol. The number of hydrogen-bond donors (Lipinski definition) is 0. The van der Waals surface area contributed by atoms with E-state index in [1.807, 2.05) is 25.3 Å². The maximum atomic E-state index is 13.1. The number of carbonyl (C=O) groups is 4. The number of Topliss-reactive ketones (excluding diaryl/α,β-unsaturated/α-hetero) is 1. The Labute approximate surface area is 185 Å². The highest BCUT2D eigenvalue weighted by Crippen LogP contribution is 2.30. The predicted octanol–water partition coefficient (Wildman–Crippen LogP) is 4.35. The number of fused-ring (bicyclic) bond motifs is 1. The van der Waals surface area contributed by atoms with E-state index in [-0.39, 0.29) is 23.4 Å². The van der Waals surface area contributed by atoms with Crippen molar-refractivity contribution in [3.8, 4) is 0 Å². The largest absolute Gasteiger partial charge is 0.465 e. The molecule has 2 amide bonds. The van der Waals surface area contributed by atoms with E-state index in [2.05, 4.69) is 0 Å².